The van der Waals surface area contributed by atoms with Gasteiger partial charge < -0.3 is 5.11 Å². The van der Waals surface area contributed by atoms with E-state index < -0.39 is 21.0 Å². The van der Waals surface area contributed by atoms with Gasteiger partial charge in [0.15, 0.2) is 0 Å². The molecular weight excluding hydrogens is 319 g/mol. The van der Waals surface area contributed by atoms with Crippen LogP contribution in [0.25, 0.3) is 0 Å². The molecule has 0 saturated heterocycles. The normalized spacial score (nSPS) is 21.0. The Kier molecular flexibility index (Phi) is 4.22. The highest BCUT2D eigenvalue weighted by Crippen LogP contribution is 2.43. The Balaban J connectivity index is 4.22. The first-order chi connectivity index (χ1) is 4.67. The molecule has 0 heterocycles. The molecular formula is C4H4Cl2F3IO. The molecule has 68 valence electrons. The van der Waals surface area contributed by atoms with E-state index in [0.29, 0.717) is 0 Å². The van der Waals surface area contributed by atoms with Gasteiger partial charge in [0.25, 0.3) is 5.13 Å². The van der Waals surface area contributed by atoms with Crippen molar-refractivity contribution in [3.63, 3.8) is 0 Å². The summed E-state index contributed by atoms with van der Waals surface area (Å²) in [5.41, 5.74) is 0. The van der Waals surface area contributed by atoms with Crippen molar-refractivity contribution in [3.05, 3.63) is 0 Å². The monoisotopic (exact) mass is 322 g/mol. The van der Waals surface area contributed by atoms with Crippen molar-refractivity contribution >= 4 is 45.8 Å². The van der Waals surface area contributed by atoms with Gasteiger partial charge >= 0.3 is 5.38 Å². The molecule has 0 fully saturated rings. The summed E-state index contributed by atoms with van der Waals surface area (Å²) in [5, 5.41) is 0.962. The molecule has 2 atom stereocenters. The van der Waals surface area contributed by atoms with Crippen molar-refractivity contribution in [1.82, 2.24) is 0 Å². The van der Waals surface area contributed by atoms with Crippen LogP contribution >= 0.6 is 45.8 Å². The Morgan fingerprint density at radius 3 is 1.82 bits per heavy atom. The molecule has 0 aromatic carbocycles. The summed E-state index contributed by atoms with van der Waals surface area (Å²) in [6.45, 7) is 0. The Morgan fingerprint density at radius 2 is 1.73 bits per heavy atom. The molecule has 1 nitrogen and oxygen atoms in total. The van der Waals surface area contributed by atoms with Crippen LogP contribution in [0.5, 0.6) is 0 Å². The highest BCUT2D eigenvalue weighted by atomic mass is 127. The predicted molar refractivity (Wildman–Crippen MR) is 45.1 cm³/mol. The number of hydrogen-bond acceptors (Lipinski definition) is 1. The van der Waals surface area contributed by atoms with E-state index in [2.05, 4.69) is 11.6 Å². The van der Waals surface area contributed by atoms with Gasteiger partial charge in [-0.25, -0.2) is 4.39 Å². The SMILES string of the molecule is OC(I)CC(F)(Cl)C(F)(F)Cl. The Bertz CT molecular complexity index is 136. The van der Waals surface area contributed by atoms with Crippen molar-refractivity contribution in [1.29, 1.82) is 0 Å². The van der Waals surface area contributed by atoms with Crippen LogP contribution in [0.1, 0.15) is 6.42 Å². The minimum atomic E-state index is -4.17. The number of halogens is 6. The molecule has 0 rings (SSSR count). The van der Waals surface area contributed by atoms with Crippen molar-refractivity contribution < 1.29 is 18.3 Å². The summed E-state index contributed by atoms with van der Waals surface area (Å²) in [5.74, 6) is 0. The lowest BCUT2D eigenvalue weighted by atomic mass is 10.3. The topological polar surface area (TPSA) is 20.2 Å². The zero-order valence-electron chi connectivity index (χ0n) is 5.00. The molecule has 0 amide bonds. The Labute approximate surface area is 85.0 Å². The second-order valence-electron chi connectivity index (χ2n) is 1.84. The fraction of sp³-hybridized carbons (Fsp3) is 1.00. The zero-order chi connectivity index (χ0) is 9.28. The summed E-state index contributed by atoms with van der Waals surface area (Å²) >= 11 is 10.4. The van der Waals surface area contributed by atoms with Gasteiger partial charge in [0.2, 0.25) is 0 Å². The zero-order valence-corrected chi connectivity index (χ0v) is 8.67. The van der Waals surface area contributed by atoms with Crippen molar-refractivity contribution in [2.24, 2.45) is 0 Å². The van der Waals surface area contributed by atoms with Gasteiger partial charge in [-0.15, -0.1) is 0 Å². The number of hydrogen-bond donors (Lipinski definition) is 1. The minimum absolute atomic E-state index is 0.925. The van der Waals surface area contributed by atoms with E-state index >= 15 is 0 Å². The van der Waals surface area contributed by atoms with Crippen molar-refractivity contribution in [3.8, 4) is 0 Å². The smallest absolute Gasteiger partial charge is 0.369 e. The number of alkyl halides is 6. The van der Waals surface area contributed by atoms with Crippen LogP contribution in [0.15, 0.2) is 0 Å². The molecule has 11 heavy (non-hydrogen) atoms. The maximum atomic E-state index is 12.6. The fourth-order valence-corrected chi connectivity index (χ4v) is 1.42. The lowest BCUT2D eigenvalue weighted by molar-refractivity contribution is -0.0325. The molecule has 0 aromatic rings. The summed E-state index contributed by atoms with van der Waals surface area (Å²) in [4.78, 5) is 0. The Hall–Kier alpha value is 1.06. The van der Waals surface area contributed by atoms with E-state index in [1.54, 1.807) is 0 Å². The van der Waals surface area contributed by atoms with Crippen LogP contribution in [0.3, 0.4) is 0 Å². The quantitative estimate of drug-likeness (QED) is 0.626. The van der Waals surface area contributed by atoms with Crippen molar-refractivity contribution in [2.45, 2.75) is 21.0 Å². The second-order valence-corrected chi connectivity index (χ2v) is 4.35. The first-order valence-corrected chi connectivity index (χ1v) is 4.43. The minimum Gasteiger partial charge on any atom is -0.383 e. The van der Waals surface area contributed by atoms with Gasteiger partial charge in [0.05, 0.1) is 0 Å². The standard InChI is InChI=1S/C4H4Cl2F3IO/c5-3(7,1-2(10)11)4(6,8)9/h2,11H,1H2. The third kappa shape index (κ3) is 4.00. The van der Waals surface area contributed by atoms with Gasteiger partial charge in [0.1, 0.15) is 4.11 Å². The molecule has 2 unspecified atom stereocenters. The number of rotatable bonds is 3. The maximum Gasteiger partial charge on any atom is 0.369 e. The van der Waals surface area contributed by atoms with E-state index in [1.807, 2.05) is 0 Å². The van der Waals surface area contributed by atoms with E-state index in [4.69, 9.17) is 16.7 Å². The van der Waals surface area contributed by atoms with Gasteiger partial charge in [-0.3, -0.25) is 0 Å². The van der Waals surface area contributed by atoms with E-state index in [1.165, 1.54) is 22.6 Å². The lowest BCUT2D eigenvalue weighted by Crippen LogP contribution is -2.36. The lowest BCUT2D eigenvalue weighted by Gasteiger charge is -2.22. The van der Waals surface area contributed by atoms with Crippen molar-refractivity contribution in [2.75, 3.05) is 0 Å². The molecule has 0 aromatic heterocycles. The van der Waals surface area contributed by atoms with Gasteiger partial charge in [-0.2, -0.15) is 8.78 Å². The van der Waals surface area contributed by atoms with E-state index in [-0.39, 0.29) is 0 Å². The average Bonchev–Trinajstić information content (AvgIpc) is 1.56. The fourth-order valence-electron chi connectivity index (χ4n) is 0.327. The molecule has 0 aliphatic heterocycles. The Morgan fingerprint density at radius 1 is 1.36 bits per heavy atom. The molecule has 0 spiro atoms. The molecule has 7 heteroatoms. The van der Waals surface area contributed by atoms with Gasteiger partial charge in [0, 0.05) is 6.42 Å². The van der Waals surface area contributed by atoms with Crippen LogP contribution in [-0.4, -0.2) is 19.7 Å². The van der Waals surface area contributed by atoms with Crippen LogP contribution in [0.4, 0.5) is 13.2 Å². The summed E-state index contributed by atoms with van der Waals surface area (Å²) < 4.78 is 35.3. The largest absolute Gasteiger partial charge is 0.383 e. The van der Waals surface area contributed by atoms with E-state index in [0.717, 1.165) is 0 Å². The molecule has 1 N–H and O–H groups in total. The molecule has 0 aliphatic carbocycles. The number of aliphatic hydroxyl groups is 1. The molecule has 0 aliphatic rings. The highest BCUT2D eigenvalue weighted by molar-refractivity contribution is 14.1. The third-order valence-electron chi connectivity index (χ3n) is 0.840. The number of aliphatic hydroxyl groups excluding tert-OH is 1. The highest BCUT2D eigenvalue weighted by Gasteiger charge is 2.53. The summed E-state index contributed by atoms with van der Waals surface area (Å²) in [6.07, 6.45) is -0.925. The maximum absolute atomic E-state index is 12.6. The average molecular weight is 323 g/mol. The van der Waals surface area contributed by atoms with Gasteiger partial charge in [-0.1, -0.05) is 34.2 Å². The van der Waals surface area contributed by atoms with Crippen LogP contribution in [0, 0.1) is 0 Å². The van der Waals surface area contributed by atoms with E-state index in [9.17, 15) is 13.2 Å². The van der Waals surface area contributed by atoms with Crippen LogP contribution in [0.2, 0.25) is 0 Å². The van der Waals surface area contributed by atoms with Crippen LogP contribution in [-0.2, 0) is 0 Å². The molecule has 0 bridgehead atoms. The van der Waals surface area contributed by atoms with Crippen LogP contribution < -0.4 is 0 Å². The molecule has 0 saturated carbocycles. The first-order valence-electron chi connectivity index (χ1n) is 2.43. The predicted octanol–water partition coefficient (Wildman–Crippen LogP) is 2.87. The summed E-state index contributed by atoms with van der Waals surface area (Å²) in [6, 6.07) is 0. The molecule has 0 radical (unpaired) electrons. The van der Waals surface area contributed by atoms with Gasteiger partial charge in [-0.05, 0) is 11.6 Å². The second kappa shape index (κ2) is 3.85. The summed E-state index contributed by atoms with van der Waals surface area (Å²) in [7, 11) is 0. The third-order valence-corrected chi connectivity index (χ3v) is 2.07. The first kappa shape index (κ1) is 12.1.